The van der Waals surface area contributed by atoms with Crippen LogP contribution >= 0.6 is 11.3 Å². The Balaban J connectivity index is 1.48. The number of aromatic nitrogens is 1. The number of aryl methyl sites for hydroxylation is 1. The Hall–Kier alpha value is -3.06. The number of rotatable bonds is 8. The molecule has 1 atom stereocenters. The van der Waals surface area contributed by atoms with Gasteiger partial charge in [0.1, 0.15) is 5.00 Å². The topological polar surface area (TPSA) is 72.4 Å². The van der Waals surface area contributed by atoms with E-state index in [0.717, 1.165) is 18.4 Å². The second kappa shape index (κ2) is 10.5. The van der Waals surface area contributed by atoms with E-state index in [1.54, 1.807) is 6.92 Å². The molecule has 2 aromatic heterocycles. The number of carbonyl (C=O) groups is 2. The number of nitrogens with one attached hydrogen (secondary N) is 2. The molecule has 0 aliphatic heterocycles. The number of ether oxygens (including phenoxy) is 1. The van der Waals surface area contributed by atoms with Crippen LogP contribution < -0.4 is 10.6 Å². The van der Waals surface area contributed by atoms with Crippen LogP contribution in [-0.4, -0.2) is 23.2 Å². The van der Waals surface area contributed by atoms with Crippen LogP contribution in [0.25, 0.3) is 5.00 Å². The second-order valence-electron chi connectivity index (χ2n) is 7.88. The maximum absolute atomic E-state index is 12.8. The van der Waals surface area contributed by atoms with Gasteiger partial charge in [-0.2, -0.15) is 0 Å². The van der Waals surface area contributed by atoms with Crippen molar-refractivity contribution in [2.75, 3.05) is 6.61 Å². The van der Waals surface area contributed by atoms with Gasteiger partial charge in [-0.3, -0.25) is 4.79 Å². The van der Waals surface area contributed by atoms with E-state index in [4.69, 9.17) is 4.74 Å². The predicted molar refractivity (Wildman–Crippen MR) is 126 cm³/mol. The molecule has 168 valence electrons. The summed E-state index contributed by atoms with van der Waals surface area (Å²) in [7, 11) is 0. The lowest BCUT2D eigenvalue weighted by Gasteiger charge is -2.19. The number of amides is 2. The Morgan fingerprint density at radius 3 is 2.59 bits per heavy atom. The molecule has 1 aliphatic rings. The van der Waals surface area contributed by atoms with Gasteiger partial charge in [-0.25, -0.2) is 4.79 Å². The minimum absolute atomic E-state index is 0.0910. The zero-order valence-electron chi connectivity index (χ0n) is 18.3. The normalized spacial score (nSPS) is 13.8. The lowest BCUT2D eigenvalue weighted by molar-refractivity contribution is -0.143. The third kappa shape index (κ3) is 5.22. The van der Waals surface area contributed by atoms with Crippen molar-refractivity contribution < 1.29 is 14.3 Å². The van der Waals surface area contributed by atoms with E-state index in [0.29, 0.717) is 13.2 Å². The number of carbonyl (C=O) groups excluding carboxylic acids is 2. The molecule has 0 radical (unpaired) electrons. The Labute approximate surface area is 192 Å². The maximum Gasteiger partial charge on any atom is 0.315 e. The minimum Gasteiger partial charge on any atom is -0.466 e. The SMILES string of the molecule is CCOC(=O)CC(NC(=O)NCc1c(-n2cccc2)sc2c1CCCC2)c1ccccc1. The summed E-state index contributed by atoms with van der Waals surface area (Å²) in [4.78, 5) is 26.4. The van der Waals surface area contributed by atoms with Gasteiger partial charge in [-0.05, 0) is 55.9 Å². The van der Waals surface area contributed by atoms with Gasteiger partial charge in [0, 0.05) is 29.4 Å². The molecule has 2 N–H and O–H groups in total. The number of thiophene rings is 1. The van der Waals surface area contributed by atoms with Crippen molar-refractivity contribution in [2.45, 2.75) is 51.6 Å². The van der Waals surface area contributed by atoms with Gasteiger partial charge in [0.2, 0.25) is 0 Å². The predicted octanol–water partition coefficient (Wildman–Crippen LogP) is 4.91. The molecule has 0 fully saturated rings. The average Bonchev–Trinajstić information content (AvgIpc) is 3.46. The smallest absolute Gasteiger partial charge is 0.315 e. The first kappa shape index (κ1) is 22.1. The molecule has 1 aliphatic carbocycles. The molecule has 2 amide bonds. The highest BCUT2D eigenvalue weighted by atomic mass is 32.1. The molecule has 3 aromatic rings. The molecule has 0 spiro atoms. The van der Waals surface area contributed by atoms with Crippen molar-refractivity contribution in [3.8, 4) is 5.00 Å². The number of hydrogen-bond donors (Lipinski definition) is 2. The van der Waals surface area contributed by atoms with E-state index >= 15 is 0 Å². The second-order valence-corrected chi connectivity index (χ2v) is 8.97. The largest absolute Gasteiger partial charge is 0.466 e. The third-order valence-electron chi connectivity index (χ3n) is 5.71. The van der Waals surface area contributed by atoms with E-state index < -0.39 is 6.04 Å². The van der Waals surface area contributed by atoms with Crippen molar-refractivity contribution in [1.82, 2.24) is 15.2 Å². The zero-order chi connectivity index (χ0) is 22.3. The fourth-order valence-electron chi connectivity index (χ4n) is 4.18. The van der Waals surface area contributed by atoms with Gasteiger partial charge in [0.15, 0.2) is 0 Å². The van der Waals surface area contributed by atoms with E-state index in [2.05, 4.69) is 15.2 Å². The van der Waals surface area contributed by atoms with Crippen molar-refractivity contribution >= 4 is 23.3 Å². The van der Waals surface area contributed by atoms with Gasteiger partial charge >= 0.3 is 12.0 Å². The molecular formula is C25H29N3O3S. The van der Waals surface area contributed by atoms with Crippen LogP contribution in [0.3, 0.4) is 0 Å². The van der Waals surface area contributed by atoms with Gasteiger partial charge in [-0.1, -0.05) is 30.3 Å². The Kier molecular flexibility index (Phi) is 7.27. The lowest BCUT2D eigenvalue weighted by atomic mass is 9.95. The minimum atomic E-state index is -0.449. The standard InChI is InChI=1S/C25H29N3O3S/c1-2-31-23(29)16-21(18-10-4-3-5-11-18)27-25(30)26-17-20-19-12-6-7-13-22(19)32-24(20)28-14-8-9-15-28/h3-5,8-11,14-15,21H,2,6-7,12-13,16-17H2,1H3,(H2,26,27,30). The molecule has 4 rings (SSSR count). The number of esters is 1. The molecule has 2 heterocycles. The van der Waals surface area contributed by atoms with Crippen LogP contribution in [0, 0.1) is 0 Å². The molecule has 7 heteroatoms. The van der Waals surface area contributed by atoms with E-state index in [-0.39, 0.29) is 18.4 Å². The highest BCUT2D eigenvalue weighted by Gasteiger charge is 2.23. The molecule has 6 nitrogen and oxygen atoms in total. The molecule has 1 unspecified atom stereocenters. The van der Waals surface area contributed by atoms with Gasteiger partial charge in [0.25, 0.3) is 0 Å². The van der Waals surface area contributed by atoms with Gasteiger partial charge in [0.05, 0.1) is 19.1 Å². The van der Waals surface area contributed by atoms with Crippen LogP contribution in [0.5, 0.6) is 0 Å². The number of hydrogen-bond acceptors (Lipinski definition) is 4. The summed E-state index contributed by atoms with van der Waals surface area (Å²) >= 11 is 1.83. The number of nitrogens with zero attached hydrogens (tertiary/aromatic N) is 1. The van der Waals surface area contributed by atoms with Crippen molar-refractivity contribution in [3.63, 3.8) is 0 Å². The summed E-state index contributed by atoms with van der Waals surface area (Å²) in [5.41, 5.74) is 3.45. The van der Waals surface area contributed by atoms with Crippen LogP contribution in [0.4, 0.5) is 4.79 Å². The van der Waals surface area contributed by atoms with Gasteiger partial charge < -0.3 is 19.9 Å². The van der Waals surface area contributed by atoms with Crippen molar-refractivity contribution in [1.29, 1.82) is 0 Å². The van der Waals surface area contributed by atoms with Crippen molar-refractivity contribution in [2.24, 2.45) is 0 Å². The van der Waals surface area contributed by atoms with E-state index in [1.165, 1.54) is 33.8 Å². The van der Waals surface area contributed by atoms with Crippen LogP contribution in [0.2, 0.25) is 0 Å². The fourth-order valence-corrected chi connectivity index (χ4v) is 5.55. The molecule has 32 heavy (non-hydrogen) atoms. The first-order valence-electron chi connectivity index (χ1n) is 11.2. The lowest BCUT2D eigenvalue weighted by Crippen LogP contribution is -2.38. The monoisotopic (exact) mass is 451 g/mol. The fraction of sp³-hybridized carbons (Fsp3) is 0.360. The Bertz CT molecular complexity index is 1040. The molecule has 0 saturated heterocycles. The third-order valence-corrected chi connectivity index (χ3v) is 7.06. The maximum atomic E-state index is 12.8. The van der Waals surface area contributed by atoms with Gasteiger partial charge in [-0.15, -0.1) is 11.3 Å². The molecule has 1 aromatic carbocycles. The average molecular weight is 452 g/mol. The molecule has 0 bridgehead atoms. The Morgan fingerprint density at radius 1 is 1.09 bits per heavy atom. The van der Waals surface area contributed by atoms with Crippen LogP contribution in [0.1, 0.15) is 53.8 Å². The first-order valence-corrected chi connectivity index (χ1v) is 12.0. The van der Waals surface area contributed by atoms with E-state index in [1.807, 2.05) is 66.2 Å². The molecule has 0 saturated carbocycles. The first-order chi connectivity index (χ1) is 15.7. The zero-order valence-corrected chi connectivity index (χ0v) is 19.1. The highest BCUT2D eigenvalue weighted by Crippen LogP contribution is 2.36. The highest BCUT2D eigenvalue weighted by molar-refractivity contribution is 7.14. The van der Waals surface area contributed by atoms with Crippen molar-refractivity contribution in [3.05, 3.63) is 76.4 Å². The number of fused-ring (bicyclic) bond motifs is 1. The quantitative estimate of drug-likeness (QED) is 0.478. The summed E-state index contributed by atoms with van der Waals surface area (Å²) in [5.74, 6) is -0.330. The van der Waals surface area contributed by atoms with Crippen LogP contribution in [-0.2, 0) is 28.9 Å². The van der Waals surface area contributed by atoms with E-state index in [9.17, 15) is 9.59 Å². The summed E-state index contributed by atoms with van der Waals surface area (Å²) in [6, 6.07) is 12.8. The molecular weight excluding hydrogens is 422 g/mol. The summed E-state index contributed by atoms with van der Waals surface area (Å²) in [6.07, 6.45) is 8.75. The summed E-state index contributed by atoms with van der Waals surface area (Å²) in [6.45, 7) is 2.55. The summed E-state index contributed by atoms with van der Waals surface area (Å²) in [5, 5.41) is 7.17. The Morgan fingerprint density at radius 2 is 1.84 bits per heavy atom. The van der Waals surface area contributed by atoms with Crippen LogP contribution in [0.15, 0.2) is 54.9 Å². The number of urea groups is 1. The summed E-state index contributed by atoms with van der Waals surface area (Å²) < 4.78 is 7.23. The number of benzene rings is 1.